The van der Waals surface area contributed by atoms with Crippen molar-refractivity contribution in [3.63, 3.8) is 0 Å². The molecule has 9 heteroatoms. The van der Waals surface area contributed by atoms with Crippen LogP contribution >= 0.6 is 0 Å². The molecule has 6 heterocycles. The van der Waals surface area contributed by atoms with Crippen LogP contribution in [0.2, 0.25) is 0 Å². The molecule has 256 valence electrons. The van der Waals surface area contributed by atoms with Gasteiger partial charge in [0, 0.05) is 0 Å². The quantitative estimate of drug-likeness (QED) is 0.127. The van der Waals surface area contributed by atoms with Crippen molar-refractivity contribution in [1.82, 2.24) is 5.58 Å². The second-order valence-electron chi connectivity index (χ2n) is 13.6. The average molecular weight is 806 g/mol. The number of rotatable bonds is 5. The zero-order valence-electron chi connectivity index (χ0n) is 29.4. The number of fused-ring (bicyclic) bond motifs is 2. The molecule has 2 aromatic heterocycles. The summed E-state index contributed by atoms with van der Waals surface area (Å²) in [6.45, 7) is 0. The first kappa shape index (κ1) is 32.2. The van der Waals surface area contributed by atoms with Gasteiger partial charge in [0.15, 0.2) is 0 Å². The van der Waals surface area contributed by atoms with Crippen molar-refractivity contribution in [2.45, 2.75) is 0 Å². The number of nitrogens with zero attached hydrogens (tertiary/aromatic N) is 4. The van der Waals surface area contributed by atoms with Crippen LogP contribution in [0.1, 0.15) is 33.6 Å². The maximum atomic E-state index is 6.24. The zero-order valence-corrected chi connectivity index (χ0v) is 32.2. The topological polar surface area (TPSA) is 125 Å². The van der Waals surface area contributed by atoms with Crippen LogP contribution in [0.4, 0.5) is 22.7 Å². The van der Waals surface area contributed by atoms with Crippen molar-refractivity contribution in [1.29, 1.82) is 0 Å². The first-order chi connectivity index (χ1) is 26.4. The summed E-state index contributed by atoms with van der Waals surface area (Å²) in [6, 6.07) is 42.1. The number of anilines is 4. The molecule has 0 amide bonds. The molecule has 0 saturated carbocycles. The molecular formula is C45H34N8Sn+2. The molecule has 6 bridgehead atoms. The van der Waals surface area contributed by atoms with Gasteiger partial charge in [-0.05, 0) is 0 Å². The Kier molecular flexibility index (Phi) is 7.48. The molecule has 0 saturated heterocycles. The summed E-state index contributed by atoms with van der Waals surface area (Å²) in [5, 5.41) is 5.49. The Labute approximate surface area is 323 Å². The molecule has 54 heavy (non-hydrogen) atoms. The number of nitrogen functional groups attached to an aromatic ring is 3. The van der Waals surface area contributed by atoms with Crippen LogP contribution in [-0.4, -0.2) is 45.7 Å². The Balaban J connectivity index is 1.40. The van der Waals surface area contributed by atoms with Crippen molar-refractivity contribution in [3.8, 4) is 0 Å². The molecule has 6 aromatic rings. The molecule has 0 radical (unpaired) electrons. The average Bonchev–Trinajstić information content (AvgIpc) is 4.02. The molecule has 7 N–H and O–H groups in total. The minimum atomic E-state index is -1.83. The Morgan fingerprint density at radius 3 is 1.24 bits per heavy atom. The molecule has 4 aromatic carbocycles. The van der Waals surface area contributed by atoms with Crippen LogP contribution in [0.3, 0.4) is 0 Å². The van der Waals surface area contributed by atoms with E-state index in [9.17, 15) is 0 Å². The Hall–Kier alpha value is -6.52. The molecule has 0 spiro atoms. The minimum absolute atomic E-state index is 0.716. The van der Waals surface area contributed by atoms with Gasteiger partial charge >= 0.3 is 325 Å². The summed E-state index contributed by atoms with van der Waals surface area (Å²) in [4.78, 5) is 10.9. The molecule has 0 unspecified atom stereocenters. The van der Waals surface area contributed by atoms with Crippen molar-refractivity contribution >= 4 is 78.2 Å². The Morgan fingerprint density at radius 2 is 0.833 bits per heavy atom. The van der Waals surface area contributed by atoms with E-state index >= 15 is 0 Å². The van der Waals surface area contributed by atoms with Crippen LogP contribution in [0, 0.1) is 0 Å². The van der Waals surface area contributed by atoms with Crippen molar-refractivity contribution in [3.05, 3.63) is 201 Å². The summed E-state index contributed by atoms with van der Waals surface area (Å²) >= 11 is -1.83. The number of aliphatic imine (C=N–C) groups is 2. The van der Waals surface area contributed by atoms with Crippen molar-refractivity contribution < 1.29 is 0 Å². The Morgan fingerprint density at radius 1 is 0.444 bits per heavy atom. The normalized spacial score (nSPS) is 15.2. The molecule has 8 nitrogen and oxygen atoms in total. The zero-order chi connectivity index (χ0) is 36.5. The molecular weight excluding hydrogens is 771 g/mol. The third-order valence-corrected chi connectivity index (χ3v) is 14.2. The van der Waals surface area contributed by atoms with Gasteiger partial charge in [-0.3, -0.25) is 0 Å². The van der Waals surface area contributed by atoms with Gasteiger partial charge < -0.3 is 0 Å². The third kappa shape index (κ3) is 5.20. The number of allylic oxidation sites excluding steroid dienone is 4. The fourth-order valence-corrected chi connectivity index (χ4v) is 11.6. The van der Waals surface area contributed by atoms with Gasteiger partial charge in [0.2, 0.25) is 0 Å². The van der Waals surface area contributed by atoms with Gasteiger partial charge in [-0.2, -0.15) is 0 Å². The molecule has 4 aliphatic rings. The van der Waals surface area contributed by atoms with Gasteiger partial charge in [0.25, 0.3) is 0 Å². The van der Waals surface area contributed by atoms with Crippen LogP contribution in [-0.2, 0) is 0 Å². The van der Waals surface area contributed by atoms with Crippen LogP contribution in [0.15, 0.2) is 167 Å². The fourth-order valence-electron chi connectivity index (χ4n) is 7.71. The van der Waals surface area contributed by atoms with E-state index in [1.54, 1.807) is 0 Å². The summed E-state index contributed by atoms with van der Waals surface area (Å²) in [5.41, 5.74) is 36.3. The van der Waals surface area contributed by atoms with Gasteiger partial charge in [-0.15, -0.1) is 0 Å². The van der Waals surface area contributed by atoms with Gasteiger partial charge in [-0.1, -0.05) is 0 Å². The first-order valence-corrected chi connectivity index (χ1v) is 20.3. The number of aromatic nitrogens is 2. The number of benzene rings is 4. The predicted octanol–water partition coefficient (Wildman–Crippen LogP) is 5.97. The van der Waals surface area contributed by atoms with Gasteiger partial charge in [-0.25, -0.2) is 0 Å². The van der Waals surface area contributed by atoms with E-state index in [-0.39, 0.29) is 0 Å². The summed E-state index contributed by atoms with van der Waals surface area (Å²) in [7, 11) is 1.94. The van der Waals surface area contributed by atoms with Crippen LogP contribution < -0.4 is 33.2 Å². The molecule has 0 aliphatic carbocycles. The number of nitrogens with one attached hydrogen (secondary N) is 1. The van der Waals surface area contributed by atoms with E-state index in [1.165, 1.54) is 0 Å². The molecule has 0 fully saturated rings. The van der Waals surface area contributed by atoms with Gasteiger partial charge in [0.1, 0.15) is 0 Å². The summed E-state index contributed by atoms with van der Waals surface area (Å²) in [5.74, 6) is 0. The standard InChI is InChI=1S/C45H34N8.Sn/c1-49-33-16-8-29(9-17-33)45-40-24-22-38(52-40)43(27-4-12-31(47)13-5-27)36-20-18-34(50-36)42(26-2-10-30(46)11-3-26)35-19-21-37(51-35)44(39-23-25-41(45)53-39)28-6-14-32(48)15-7-28;/h2-25,49H,46-48H2,1H3;/q-2;+4. The molecule has 4 aliphatic heterocycles. The van der Waals surface area contributed by atoms with E-state index < -0.39 is 21.7 Å². The van der Waals surface area contributed by atoms with E-state index in [1.807, 2.05) is 43.4 Å². The third-order valence-electron chi connectivity index (χ3n) is 10.4. The molecule has 10 rings (SSSR count). The SMILES string of the molecule is CNc1ccc(C2=C3C=CC(=N3)C(c3ccc(N)cc3)=c3ccc4[n]3[Sn+2][n]3c(ccc32)C(c2ccc(N)cc2)=C2C=CC(=N2)C=4c2ccc(N)cc2)cc1. The van der Waals surface area contributed by atoms with Crippen molar-refractivity contribution in [2.24, 2.45) is 9.98 Å². The van der Waals surface area contributed by atoms with Gasteiger partial charge in [0.05, 0.1) is 0 Å². The molecule has 0 atom stereocenters. The van der Waals surface area contributed by atoms with E-state index in [0.717, 1.165) is 107 Å². The number of nitrogens with two attached hydrogens (primary N) is 3. The monoisotopic (exact) mass is 806 g/mol. The summed E-state index contributed by atoms with van der Waals surface area (Å²) in [6.07, 6.45) is 8.61. The van der Waals surface area contributed by atoms with Crippen LogP contribution in [0.25, 0.3) is 22.3 Å². The van der Waals surface area contributed by atoms with E-state index in [4.69, 9.17) is 27.2 Å². The Bertz CT molecular complexity index is 2860. The maximum absolute atomic E-state index is 6.24. The fraction of sp³-hybridized carbons (Fsp3) is 0.0222. The van der Waals surface area contributed by atoms with E-state index in [0.29, 0.717) is 5.69 Å². The first-order valence-electron chi connectivity index (χ1n) is 17.8. The van der Waals surface area contributed by atoms with E-state index in [2.05, 4.69) is 120 Å². The van der Waals surface area contributed by atoms with Crippen molar-refractivity contribution in [2.75, 3.05) is 29.6 Å². The number of hydrogen-bond donors (Lipinski definition) is 4. The van der Waals surface area contributed by atoms with Crippen LogP contribution in [0.5, 0.6) is 0 Å². The second kappa shape index (κ2) is 12.6. The predicted molar refractivity (Wildman–Crippen MR) is 223 cm³/mol. The second-order valence-corrected chi connectivity index (χ2v) is 16.7. The number of hydrogen-bond acceptors (Lipinski definition) is 6. The summed E-state index contributed by atoms with van der Waals surface area (Å²) < 4.78 is 5.17.